The lowest BCUT2D eigenvalue weighted by atomic mass is 9.86. The SMILES string of the molecule is CCC1(CC)CC(Nc2ccc([N+](=O)[O-])c(C)c2)CCO1. The van der Waals surface area contributed by atoms with E-state index in [-0.39, 0.29) is 16.2 Å². The van der Waals surface area contributed by atoms with Crippen molar-refractivity contribution >= 4 is 11.4 Å². The van der Waals surface area contributed by atoms with Crippen LogP contribution >= 0.6 is 0 Å². The first-order valence-corrected chi connectivity index (χ1v) is 7.65. The van der Waals surface area contributed by atoms with Crippen LogP contribution in [0.25, 0.3) is 0 Å². The molecule has 1 heterocycles. The number of hydrogen-bond acceptors (Lipinski definition) is 4. The predicted octanol–water partition coefficient (Wildman–Crippen LogP) is 4.05. The molecule has 5 nitrogen and oxygen atoms in total. The van der Waals surface area contributed by atoms with Crippen molar-refractivity contribution < 1.29 is 9.66 Å². The smallest absolute Gasteiger partial charge is 0.272 e. The summed E-state index contributed by atoms with van der Waals surface area (Å²) in [6.45, 7) is 6.88. The minimum atomic E-state index is -0.341. The van der Waals surface area contributed by atoms with E-state index in [1.807, 2.05) is 6.07 Å². The van der Waals surface area contributed by atoms with Gasteiger partial charge in [-0.1, -0.05) is 13.8 Å². The zero-order valence-electron chi connectivity index (χ0n) is 13.0. The van der Waals surface area contributed by atoms with Gasteiger partial charge in [0.05, 0.1) is 10.5 Å². The van der Waals surface area contributed by atoms with Gasteiger partial charge in [0.25, 0.3) is 5.69 Å². The molecule has 0 saturated carbocycles. The van der Waals surface area contributed by atoms with E-state index in [1.54, 1.807) is 19.1 Å². The molecule has 1 saturated heterocycles. The van der Waals surface area contributed by atoms with Crippen LogP contribution in [0.3, 0.4) is 0 Å². The molecule has 1 aliphatic heterocycles. The average Bonchev–Trinajstić information content (AvgIpc) is 2.47. The van der Waals surface area contributed by atoms with E-state index in [0.717, 1.165) is 38.0 Å². The summed E-state index contributed by atoms with van der Waals surface area (Å²) in [5, 5.41) is 14.4. The van der Waals surface area contributed by atoms with E-state index in [2.05, 4.69) is 19.2 Å². The number of rotatable bonds is 5. The summed E-state index contributed by atoms with van der Waals surface area (Å²) in [5.74, 6) is 0. The molecule has 1 fully saturated rings. The van der Waals surface area contributed by atoms with Gasteiger partial charge < -0.3 is 10.1 Å². The van der Waals surface area contributed by atoms with E-state index < -0.39 is 0 Å². The summed E-state index contributed by atoms with van der Waals surface area (Å²) in [7, 11) is 0. The van der Waals surface area contributed by atoms with Crippen molar-refractivity contribution in [2.24, 2.45) is 0 Å². The quantitative estimate of drug-likeness (QED) is 0.656. The van der Waals surface area contributed by atoms with Crippen LogP contribution in [0.4, 0.5) is 11.4 Å². The maximum absolute atomic E-state index is 10.9. The molecule has 1 aromatic rings. The third-order valence-electron chi connectivity index (χ3n) is 4.55. The van der Waals surface area contributed by atoms with Crippen LogP contribution in [0.15, 0.2) is 18.2 Å². The van der Waals surface area contributed by atoms with Crippen molar-refractivity contribution in [3.8, 4) is 0 Å². The lowest BCUT2D eigenvalue weighted by Crippen LogP contribution is -2.43. The standard InChI is InChI=1S/C16H24N2O3/c1-4-16(5-2)11-14(8-9-21-16)17-13-6-7-15(18(19)20)12(3)10-13/h6-7,10,14,17H,4-5,8-9,11H2,1-3H3. The maximum Gasteiger partial charge on any atom is 0.272 e. The van der Waals surface area contributed by atoms with Gasteiger partial charge in [-0.15, -0.1) is 0 Å². The van der Waals surface area contributed by atoms with Crippen molar-refractivity contribution in [3.63, 3.8) is 0 Å². The Kier molecular flexibility index (Phi) is 4.83. The first kappa shape index (κ1) is 15.8. The molecule has 2 rings (SSSR count). The van der Waals surface area contributed by atoms with Crippen molar-refractivity contribution in [1.82, 2.24) is 0 Å². The van der Waals surface area contributed by atoms with Gasteiger partial charge in [0, 0.05) is 30.0 Å². The molecule has 1 atom stereocenters. The monoisotopic (exact) mass is 292 g/mol. The van der Waals surface area contributed by atoms with Crippen LogP contribution in [0.1, 0.15) is 45.1 Å². The summed E-state index contributed by atoms with van der Waals surface area (Å²) >= 11 is 0. The lowest BCUT2D eigenvalue weighted by Gasteiger charge is -2.40. The summed E-state index contributed by atoms with van der Waals surface area (Å²) in [6.07, 6.45) is 3.98. The van der Waals surface area contributed by atoms with Crippen molar-refractivity contribution in [2.45, 2.75) is 58.1 Å². The van der Waals surface area contributed by atoms with Crippen molar-refractivity contribution in [3.05, 3.63) is 33.9 Å². The Hall–Kier alpha value is -1.62. The third kappa shape index (κ3) is 3.53. The number of aryl methyl sites for hydroxylation is 1. The third-order valence-corrected chi connectivity index (χ3v) is 4.55. The van der Waals surface area contributed by atoms with E-state index in [9.17, 15) is 10.1 Å². The Bertz CT molecular complexity index is 512. The molecule has 0 spiro atoms. The molecule has 5 heteroatoms. The molecular weight excluding hydrogens is 268 g/mol. The summed E-state index contributed by atoms with van der Waals surface area (Å²) in [4.78, 5) is 10.5. The number of anilines is 1. The van der Waals surface area contributed by atoms with Crippen LogP contribution in [-0.4, -0.2) is 23.2 Å². The molecule has 116 valence electrons. The second kappa shape index (κ2) is 6.43. The van der Waals surface area contributed by atoms with Crippen molar-refractivity contribution in [2.75, 3.05) is 11.9 Å². The molecule has 1 aliphatic rings. The van der Waals surface area contributed by atoms with E-state index >= 15 is 0 Å². The molecule has 0 bridgehead atoms. The Balaban J connectivity index is 2.08. The highest BCUT2D eigenvalue weighted by molar-refractivity contribution is 5.54. The van der Waals surface area contributed by atoms with Crippen LogP contribution in [0.5, 0.6) is 0 Å². The normalized spacial score (nSPS) is 21.0. The molecule has 1 unspecified atom stereocenters. The molecule has 0 radical (unpaired) electrons. The Morgan fingerprint density at radius 2 is 2.14 bits per heavy atom. The molecule has 0 aromatic heterocycles. The Morgan fingerprint density at radius 1 is 1.43 bits per heavy atom. The largest absolute Gasteiger partial charge is 0.382 e. The van der Waals surface area contributed by atoms with Gasteiger partial charge in [-0.2, -0.15) is 0 Å². The molecule has 0 amide bonds. The average molecular weight is 292 g/mol. The highest BCUT2D eigenvalue weighted by atomic mass is 16.6. The first-order chi connectivity index (χ1) is 9.99. The second-order valence-electron chi connectivity index (χ2n) is 5.83. The summed E-state index contributed by atoms with van der Waals surface area (Å²) < 4.78 is 5.98. The summed E-state index contributed by atoms with van der Waals surface area (Å²) in [6, 6.07) is 5.58. The fourth-order valence-corrected chi connectivity index (χ4v) is 3.08. The van der Waals surface area contributed by atoms with E-state index in [1.165, 1.54) is 0 Å². The summed E-state index contributed by atoms with van der Waals surface area (Å²) in [5.41, 5.74) is 1.79. The highest BCUT2D eigenvalue weighted by Crippen LogP contribution is 2.33. The molecule has 1 N–H and O–H groups in total. The maximum atomic E-state index is 10.9. The molecule has 21 heavy (non-hydrogen) atoms. The topological polar surface area (TPSA) is 64.4 Å². The minimum absolute atomic E-state index is 0.0221. The fourth-order valence-electron chi connectivity index (χ4n) is 3.08. The Morgan fingerprint density at radius 3 is 2.71 bits per heavy atom. The van der Waals surface area contributed by atoms with E-state index in [4.69, 9.17) is 4.74 Å². The number of ether oxygens (including phenoxy) is 1. The number of hydrogen-bond donors (Lipinski definition) is 1. The minimum Gasteiger partial charge on any atom is -0.382 e. The molecule has 1 aromatic carbocycles. The zero-order chi connectivity index (χ0) is 15.5. The van der Waals surface area contributed by atoms with Crippen molar-refractivity contribution in [1.29, 1.82) is 0 Å². The number of nitrogens with zero attached hydrogens (tertiary/aromatic N) is 1. The number of nitro groups is 1. The van der Waals surface area contributed by atoms with Gasteiger partial charge in [0.1, 0.15) is 0 Å². The number of nitrogens with one attached hydrogen (secondary N) is 1. The van der Waals surface area contributed by atoms with Crippen LogP contribution in [0.2, 0.25) is 0 Å². The first-order valence-electron chi connectivity index (χ1n) is 7.65. The molecular formula is C16H24N2O3. The number of nitro benzene ring substituents is 1. The van der Waals surface area contributed by atoms with Gasteiger partial charge in [-0.25, -0.2) is 0 Å². The van der Waals surface area contributed by atoms with E-state index in [0.29, 0.717) is 11.6 Å². The van der Waals surface area contributed by atoms with Crippen LogP contribution < -0.4 is 5.32 Å². The van der Waals surface area contributed by atoms with Gasteiger partial charge >= 0.3 is 0 Å². The lowest BCUT2D eigenvalue weighted by molar-refractivity contribution is -0.385. The number of benzene rings is 1. The van der Waals surface area contributed by atoms with Gasteiger partial charge in [-0.05, 0) is 44.7 Å². The van der Waals surface area contributed by atoms with Gasteiger partial charge in [-0.3, -0.25) is 10.1 Å². The second-order valence-corrected chi connectivity index (χ2v) is 5.83. The highest BCUT2D eigenvalue weighted by Gasteiger charge is 2.34. The molecule has 0 aliphatic carbocycles. The van der Waals surface area contributed by atoms with Gasteiger partial charge in [0.2, 0.25) is 0 Å². The van der Waals surface area contributed by atoms with Crippen LogP contribution in [0, 0.1) is 17.0 Å². The zero-order valence-corrected chi connectivity index (χ0v) is 13.0. The van der Waals surface area contributed by atoms with Crippen LogP contribution in [-0.2, 0) is 4.74 Å². The van der Waals surface area contributed by atoms with Gasteiger partial charge in [0.15, 0.2) is 0 Å². The Labute approximate surface area is 125 Å². The fraction of sp³-hybridized carbons (Fsp3) is 0.625. The predicted molar refractivity (Wildman–Crippen MR) is 83.7 cm³/mol.